The van der Waals surface area contributed by atoms with Crippen molar-refractivity contribution in [2.24, 2.45) is 4.99 Å². The van der Waals surface area contributed by atoms with E-state index in [0.717, 1.165) is 17.2 Å². The van der Waals surface area contributed by atoms with E-state index in [-0.39, 0.29) is 0 Å². The molecule has 0 spiro atoms. The smallest absolute Gasteiger partial charge is 0.178 e. The first-order valence-electron chi connectivity index (χ1n) is 5.80. The molecule has 2 aromatic heterocycles. The molecule has 0 atom stereocenters. The van der Waals surface area contributed by atoms with E-state index in [2.05, 4.69) is 42.7 Å². The lowest BCUT2D eigenvalue weighted by molar-refractivity contribution is 0.853. The third-order valence-electron chi connectivity index (χ3n) is 2.77. The van der Waals surface area contributed by atoms with Gasteiger partial charge >= 0.3 is 0 Å². The molecule has 3 heteroatoms. The van der Waals surface area contributed by atoms with E-state index in [1.807, 2.05) is 17.4 Å². The highest BCUT2D eigenvalue weighted by Crippen LogP contribution is 2.23. The normalized spacial score (nSPS) is 11.8. The van der Waals surface area contributed by atoms with Crippen LogP contribution in [0.2, 0.25) is 0 Å². The lowest BCUT2D eigenvalue weighted by Gasteiger charge is -2.06. The average Bonchev–Trinajstić information content (AvgIpc) is 2.65. The predicted molar refractivity (Wildman–Crippen MR) is 73.2 cm³/mol. The van der Waals surface area contributed by atoms with Gasteiger partial charge in [-0.25, -0.2) is 9.98 Å². The first kappa shape index (κ1) is 11.6. The van der Waals surface area contributed by atoms with Crippen LogP contribution in [0.5, 0.6) is 0 Å². The summed E-state index contributed by atoms with van der Waals surface area (Å²) in [7, 11) is 0. The lowest BCUT2D eigenvalue weighted by Crippen LogP contribution is -1.93. The molecule has 0 aliphatic heterocycles. The number of aliphatic imine (C=N–C) groups is 1. The Morgan fingerprint density at radius 3 is 2.76 bits per heavy atom. The molecule has 17 heavy (non-hydrogen) atoms. The van der Waals surface area contributed by atoms with E-state index in [4.69, 9.17) is 0 Å². The summed E-state index contributed by atoms with van der Waals surface area (Å²) in [6, 6.07) is 4.14. The fraction of sp³-hybridized carbons (Fsp3) is 0.286. The Hall–Kier alpha value is -1.90. The van der Waals surface area contributed by atoms with Crippen LogP contribution in [0, 0.1) is 0 Å². The van der Waals surface area contributed by atoms with Gasteiger partial charge in [0.25, 0.3) is 0 Å². The van der Waals surface area contributed by atoms with Crippen LogP contribution in [0.1, 0.15) is 37.9 Å². The molecule has 0 aromatic carbocycles. The quantitative estimate of drug-likeness (QED) is 0.733. The summed E-state index contributed by atoms with van der Waals surface area (Å²) in [5.74, 6) is 1.22. The van der Waals surface area contributed by atoms with Crippen molar-refractivity contribution in [1.82, 2.24) is 9.38 Å². The molecule has 0 saturated carbocycles. The van der Waals surface area contributed by atoms with Gasteiger partial charge in [-0.1, -0.05) is 26.5 Å². The molecule has 0 N–H and O–H groups in total. The molecule has 3 nitrogen and oxygen atoms in total. The number of hydrogen-bond acceptors (Lipinski definition) is 2. The van der Waals surface area contributed by atoms with Gasteiger partial charge in [0, 0.05) is 12.4 Å². The summed E-state index contributed by atoms with van der Waals surface area (Å²) >= 11 is 0. The Labute approximate surface area is 102 Å². The van der Waals surface area contributed by atoms with Crippen LogP contribution in [0.25, 0.3) is 11.7 Å². The number of hydrogen-bond donors (Lipinski definition) is 0. The van der Waals surface area contributed by atoms with Crippen LogP contribution in [0.4, 0.5) is 5.82 Å². The zero-order chi connectivity index (χ0) is 12.4. The summed E-state index contributed by atoms with van der Waals surface area (Å²) in [5.41, 5.74) is 3.13. The van der Waals surface area contributed by atoms with Crippen LogP contribution in [-0.2, 0) is 0 Å². The monoisotopic (exact) mass is 227 g/mol. The first-order chi connectivity index (χ1) is 8.17. The SMILES string of the molecule is C=Cc1c(/N=C\C)nc2ccc(C(C)C)cn12. The Balaban J connectivity index is 2.71. The molecular formula is C14H17N3. The van der Waals surface area contributed by atoms with Crippen molar-refractivity contribution in [2.75, 3.05) is 0 Å². The van der Waals surface area contributed by atoms with Crippen molar-refractivity contribution in [3.63, 3.8) is 0 Å². The molecule has 2 aromatic rings. The van der Waals surface area contributed by atoms with Gasteiger partial charge in [0.2, 0.25) is 0 Å². The van der Waals surface area contributed by atoms with Gasteiger partial charge in [0.05, 0.1) is 5.69 Å². The number of imidazole rings is 1. The van der Waals surface area contributed by atoms with E-state index in [9.17, 15) is 0 Å². The maximum atomic E-state index is 4.47. The molecule has 88 valence electrons. The second-order valence-electron chi connectivity index (χ2n) is 4.26. The van der Waals surface area contributed by atoms with Crippen molar-refractivity contribution in [2.45, 2.75) is 26.7 Å². The molecule has 0 unspecified atom stereocenters. The number of rotatable bonds is 3. The summed E-state index contributed by atoms with van der Waals surface area (Å²) in [6.45, 7) is 10.1. The molecule has 0 bridgehead atoms. The Kier molecular flexibility index (Phi) is 3.09. The summed E-state index contributed by atoms with van der Waals surface area (Å²) in [6.07, 6.45) is 5.66. The van der Waals surface area contributed by atoms with Gasteiger partial charge in [0.15, 0.2) is 5.82 Å². The van der Waals surface area contributed by atoms with Crippen molar-refractivity contribution in [3.05, 3.63) is 36.2 Å². The molecular weight excluding hydrogens is 210 g/mol. The van der Waals surface area contributed by atoms with Crippen LogP contribution < -0.4 is 0 Å². The predicted octanol–water partition coefficient (Wildman–Crippen LogP) is 3.82. The van der Waals surface area contributed by atoms with Crippen LogP contribution in [0.15, 0.2) is 29.9 Å². The largest absolute Gasteiger partial charge is 0.298 e. The number of fused-ring (bicyclic) bond motifs is 1. The van der Waals surface area contributed by atoms with E-state index < -0.39 is 0 Å². The van der Waals surface area contributed by atoms with Gasteiger partial charge in [-0.05, 0) is 30.5 Å². The van der Waals surface area contributed by atoms with Crippen molar-refractivity contribution in [3.8, 4) is 0 Å². The van der Waals surface area contributed by atoms with E-state index in [1.165, 1.54) is 5.56 Å². The van der Waals surface area contributed by atoms with Crippen LogP contribution >= 0.6 is 0 Å². The summed E-state index contributed by atoms with van der Waals surface area (Å²) in [4.78, 5) is 8.73. The summed E-state index contributed by atoms with van der Waals surface area (Å²) in [5, 5.41) is 0. The highest BCUT2D eigenvalue weighted by atomic mass is 15.1. The van der Waals surface area contributed by atoms with Crippen molar-refractivity contribution in [1.29, 1.82) is 0 Å². The molecule has 2 rings (SSSR count). The number of aromatic nitrogens is 2. The Morgan fingerprint density at radius 1 is 1.41 bits per heavy atom. The van der Waals surface area contributed by atoms with Crippen molar-refractivity contribution < 1.29 is 0 Å². The van der Waals surface area contributed by atoms with E-state index in [1.54, 1.807) is 12.3 Å². The standard InChI is InChI=1S/C14H17N3/c1-5-12-14(15-6-2)16-13-8-7-11(10(3)4)9-17(12)13/h5-10H,1H2,2-4H3/b15-6-. The molecule has 0 saturated heterocycles. The van der Waals surface area contributed by atoms with Crippen LogP contribution in [0.3, 0.4) is 0 Å². The highest BCUT2D eigenvalue weighted by molar-refractivity contribution is 5.68. The molecule has 0 amide bonds. The second-order valence-corrected chi connectivity index (χ2v) is 4.26. The van der Waals surface area contributed by atoms with Gasteiger partial charge in [-0.15, -0.1) is 0 Å². The van der Waals surface area contributed by atoms with Gasteiger partial charge in [-0.3, -0.25) is 4.40 Å². The first-order valence-corrected chi connectivity index (χ1v) is 5.80. The zero-order valence-corrected chi connectivity index (χ0v) is 10.5. The topological polar surface area (TPSA) is 29.7 Å². The average molecular weight is 227 g/mol. The second kappa shape index (κ2) is 4.53. The van der Waals surface area contributed by atoms with Crippen LogP contribution in [-0.4, -0.2) is 15.6 Å². The van der Waals surface area contributed by atoms with Crippen molar-refractivity contribution >= 4 is 23.8 Å². The highest BCUT2D eigenvalue weighted by Gasteiger charge is 2.09. The Bertz CT molecular complexity index is 576. The van der Waals surface area contributed by atoms with Gasteiger partial charge in [-0.2, -0.15) is 0 Å². The molecule has 0 aliphatic rings. The minimum atomic E-state index is 0.498. The Morgan fingerprint density at radius 2 is 2.18 bits per heavy atom. The minimum absolute atomic E-state index is 0.498. The lowest BCUT2D eigenvalue weighted by atomic mass is 10.1. The van der Waals surface area contributed by atoms with Gasteiger partial charge in [0.1, 0.15) is 5.65 Å². The minimum Gasteiger partial charge on any atom is -0.298 e. The molecule has 0 radical (unpaired) electrons. The number of pyridine rings is 1. The third-order valence-corrected chi connectivity index (χ3v) is 2.77. The van der Waals surface area contributed by atoms with E-state index in [0.29, 0.717) is 5.92 Å². The molecule has 0 aliphatic carbocycles. The third kappa shape index (κ3) is 2.00. The molecule has 2 heterocycles. The fourth-order valence-electron chi connectivity index (χ4n) is 1.82. The van der Waals surface area contributed by atoms with Gasteiger partial charge < -0.3 is 0 Å². The fourth-order valence-corrected chi connectivity index (χ4v) is 1.82. The zero-order valence-electron chi connectivity index (χ0n) is 10.5. The number of nitrogens with zero attached hydrogens (tertiary/aromatic N) is 3. The summed E-state index contributed by atoms with van der Waals surface area (Å²) < 4.78 is 2.05. The molecule has 0 fully saturated rings. The maximum Gasteiger partial charge on any atom is 0.178 e. The van der Waals surface area contributed by atoms with E-state index >= 15 is 0 Å². The maximum absolute atomic E-state index is 4.47.